The SMILES string of the molecule is CC1(C)c2ccc(-c3c4ccccc4c(-c4cccc5ccccc45)c4ccccc34)cc2-c2ccc(-c3ccccc3)cc21. The van der Waals surface area contributed by atoms with Crippen molar-refractivity contribution in [3.8, 4) is 44.5 Å². The van der Waals surface area contributed by atoms with Crippen molar-refractivity contribution in [2.24, 2.45) is 0 Å². The molecule has 0 aromatic heterocycles. The molecule has 9 rings (SSSR count). The molecule has 0 saturated carbocycles. The van der Waals surface area contributed by atoms with E-state index in [1.165, 1.54) is 88.0 Å². The second-order valence-corrected chi connectivity index (χ2v) is 12.9. The Hall–Kier alpha value is -5.46. The predicted octanol–water partition coefficient (Wildman–Crippen LogP) is 12.5. The van der Waals surface area contributed by atoms with Gasteiger partial charge in [0.15, 0.2) is 0 Å². The van der Waals surface area contributed by atoms with Crippen molar-refractivity contribution in [2.75, 3.05) is 0 Å². The van der Waals surface area contributed by atoms with Crippen LogP contribution in [-0.2, 0) is 5.41 Å². The summed E-state index contributed by atoms with van der Waals surface area (Å²) in [6.07, 6.45) is 0. The Balaban J connectivity index is 1.30. The van der Waals surface area contributed by atoms with Gasteiger partial charge >= 0.3 is 0 Å². The van der Waals surface area contributed by atoms with Gasteiger partial charge in [0.1, 0.15) is 0 Å². The molecule has 45 heavy (non-hydrogen) atoms. The van der Waals surface area contributed by atoms with E-state index in [1.54, 1.807) is 0 Å². The van der Waals surface area contributed by atoms with E-state index in [2.05, 4.69) is 172 Å². The van der Waals surface area contributed by atoms with E-state index in [9.17, 15) is 0 Å². The normalized spacial score (nSPS) is 13.3. The van der Waals surface area contributed by atoms with Crippen LogP contribution >= 0.6 is 0 Å². The summed E-state index contributed by atoms with van der Waals surface area (Å²) >= 11 is 0. The molecule has 0 bridgehead atoms. The quantitative estimate of drug-likeness (QED) is 0.185. The minimum Gasteiger partial charge on any atom is -0.0622 e. The van der Waals surface area contributed by atoms with Crippen LogP contribution in [0.3, 0.4) is 0 Å². The minimum absolute atomic E-state index is 0.0731. The van der Waals surface area contributed by atoms with Gasteiger partial charge in [-0.3, -0.25) is 0 Å². The molecule has 0 heterocycles. The highest BCUT2D eigenvalue weighted by Gasteiger charge is 2.36. The van der Waals surface area contributed by atoms with Crippen LogP contribution in [0.5, 0.6) is 0 Å². The van der Waals surface area contributed by atoms with Gasteiger partial charge in [-0.15, -0.1) is 0 Å². The lowest BCUT2D eigenvalue weighted by Gasteiger charge is -2.22. The smallest absolute Gasteiger partial charge is 0.0159 e. The Bertz CT molecular complexity index is 2380. The zero-order valence-electron chi connectivity index (χ0n) is 25.5. The molecule has 0 saturated heterocycles. The van der Waals surface area contributed by atoms with Crippen LogP contribution in [0, 0.1) is 0 Å². The topological polar surface area (TPSA) is 0 Å². The van der Waals surface area contributed by atoms with Crippen LogP contribution in [0.15, 0.2) is 158 Å². The Kier molecular flexibility index (Phi) is 5.64. The van der Waals surface area contributed by atoms with E-state index in [4.69, 9.17) is 0 Å². The molecule has 0 N–H and O–H groups in total. The average Bonchev–Trinajstić information content (AvgIpc) is 3.32. The van der Waals surface area contributed by atoms with Crippen LogP contribution in [0.4, 0.5) is 0 Å². The average molecular weight is 573 g/mol. The summed E-state index contributed by atoms with van der Waals surface area (Å²) in [5, 5.41) is 7.71. The maximum atomic E-state index is 2.46. The van der Waals surface area contributed by atoms with Crippen LogP contribution in [0.2, 0.25) is 0 Å². The molecule has 8 aromatic carbocycles. The molecule has 0 amide bonds. The number of fused-ring (bicyclic) bond motifs is 6. The first kappa shape index (κ1) is 26.0. The Morgan fingerprint density at radius 2 is 0.911 bits per heavy atom. The summed E-state index contributed by atoms with van der Waals surface area (Å²) in [5.41, 5.74) is 13.1. The van der Waals surface area contributed by atoms with Gasteiger partial charge in [0.25, 0.3) is 0 Å². The van der Waals surface area contributed by atoms with Crippen molar-refractivity contribution in [1.29, 1.82) is 0 Å². The molecule has 0 aliphatic heterocycles. The molecule has 0 spiro atoms. The Morgan fingerprint density at radius 1 is 0.333 bits per heavy atom. The summed E-state index contributed by atoms with van der Waals surface area (Å²) in [6, 6.07) is 58.4. The molecule has 1 aliphatic carbocycles. The highest BCUT2D eigenvalue weighted by Crippen LogP contribution is 2.52. The lowest BCUT2D eigenvalue weighted by Crippen LogP contribution is -2.15. The number of hydrogen-bond acceptors (Lipinski definition) is 0. The maximum Gasteiger partial charge on any atom is 0.0159 e. The van der Waals surface area contributed by atoms with E-state index in [0.29, 0.717) is 0 Å². The summed E-state index contributed by atoms with van der Waals surface area (Å²) in [4.78, 5) is 0. The van der Waals surface area contributed by atoms with Crippen molar-refractivity contribution in [2.45, 2.75) is 19.3 Å². The second kappa shape index (κ2) is 9.78. The van der Waals surface area contributed by atoms with Gasteiger partial charge in [-0.1, -0.05) is 159 Å². The first-order chi connectivity index (χ1) is 22.1. The van der Waals surface area contributed by atoms with Gasteiger partial charge in [-0.2, -0.15) is 0 Å². The second-order valence-electron chi connectivity index (χ2n) is 12.9. The number of hydrogen-bond donors (Lipinski definition) is 0. The van der Waals surface area contributed by atoms with Gasteiger partial charge in [-0.25, -0.2) is 0 Å². The molecule has 212 valence electrons. The Labute approximate surface area is 264 Å². The van der Waals surface area contributed by atoms with Gasteiger partial charge in [0.05, 0.1) is 0 Å². The largest absolute Gasteiger partial charge is 0.0622 e. The van der Waals surface area contributed by atoms with Crippen molar-refractivity contribution in [3.63, 3.8) is 0 Å². The third-order valence-electron chi connectivity index (χ3n) is 10.1. The van der Waals surface area contributed by atoms with Crippen molar-refractivity contribution < 1.29 is 0 Å². The first-order valence-corrected chi connectivity index (χ1v) is 15.9. The third kappa shape index (κ3) is 3.85. The summed E-state index contributed by atoms with van der Waals surface area (Å²) < 4.78 is 0. The van der Waals surface area contributed by atoms with Gasteiger partial charge in [0, 0.05) is 5.41 Å². The van der Waals surface area contributed by atoms with Crippen molar-refractivity contribution in [1.82, 2.24) is 0 Å². The van der Waals surface area contributed by atoms with E-state index >= 15 is 0 Å². The zero-order chi connectivity index (χ0) is 30.1. The fourth-order valence-corrected chi connectivity index (χ4v) is 7.89. The van der Waals surface area contributed by atoms with Crippen molar-refractivity contribution in [3.05, 3.63) is 169 Å². The van der Waals surface area contributed by atoms with E-state index in [-0.39, 0.29) is 5.41 Å². The predicted molar refractivity (Wildman–Crippen MR) is 193 cm³/mol. The zero-order valence-corrected chi connectivity index (χ0v) is 25.5. The minimum atomic E-state index is -0.0731. The summed E-state index contributed by atoms with van der Waals surface area (Å²) in [7, 11) is 0. The lowest BCUT2D eigenvalue weighted by atomic mass is 9.80. The standard InChI is InChI=1S/C45H32/c1-45(2)41-26-24-32(27-40(41)34-25-23-31(28-42(34)45)29-13-4-3-5-14-29)43-36-18-8-10-20-38(36)44(39-21-11-9-19-37(39)43)35-22-12-16-30-15-6-7-17-33(30)35/h3-28H,1-2H3. The van der Waals surface area contributed by atoms with Crippen LogP contribution in [0.1, 0.15) is 25.0 Å². The lowest BCUT2D eigenvalue weighted by molar-refractivity contribution is 0.660. The highest BCUT2D eigenvalue weighted by molar-refractivity contribution is 6.23. The summed E-state index contributed by atoms with van der Waals surface area (Å²) in [6.45, 7) is 4.74. The molecule has 0 atom stereocenters. The molecular weight excluding hydrogens is 540 g/mol. The maximum absolute atomic E-state index is 2.46. The Morgan fingerprint density at radius 3 is 1.62 bits per heavy atom. The van der Waals surface area contributed by atoms with Crippen LogP contribution < -0.4 is 0 Å². The molecule has 0 nitrogen and oxygen atoms in total. The monoisotopic (exact) mass is 572 g/mol. The van der Waals surface area contributed by atoms with Gasteiger partial charge in [-0.05, 0) is 100 Å². The van der Waals surface area contributed by atoms with E-state index in [0.717, 1.165) is 0 Å². The molecule has 1 aliphatic rings. The van der Waals surface area contributed by atoms with Crippen LogP contribution in [0.25, 0.3) is 76.8 Å². The molecule has 8 aromatic rings. The fraction of sp³-hybridized carbons (Fsp3) is 0.0667. The first-order valence-electron chi connectivity index (χ1n) is 15.9. The third-order valence-corrected chi connectivity index (χ3v) is 10.1. The van der Waals surface area contributed by atoms with Crippen molar-refractivity contribution >= 4 is 32.3 Å². The van der Waals surface area contributed by atoms with E-state index < -0.39 is 0 Å². The number of benzene rings is 8. The molecular formula is C45H32. The summed E-state index contributed by atoms with van der Waals surface area (Å²) in [5.74, 6) is 0. The molecule has 0 fully saturated rings. The van der Waals surface area contributed by atoms with Gasteiger partial charge < -0.3 is 0 Å². The molecule has 0 radical (unpaired) electrons. The molecule has 0 heteroatoms. The molecule has 0 unspecified atom stereocenters. The number of rotatable bonds is 3. The highest BCUT2D eigenvalue weighted by atomic mass is 14.4. The fourth-order valence-electron chi connectivity index (χ4n) is 7.89. The van der Waals surface area contributed by atoms with E-state index in [1.807, 2.05) is 0 Å². The van der Waals surface area contributed by atoms with Crippen LogP contribution in [-0.4, -0.2) is 0 Å². The van der Waals surface area contributed by atoms with Gasteiger partial charge in [0.2, 0.25) is 0 Å².